The van der Waals surface area contributed by atoms with Crippen molar-refractivity contribution in [3.8, 4) is 0 Å². The summed E-state index contributed by atoms with van der Waals surface area (Å²) in [6, 6.07) is 3.23. The Labute approximate surface area is 113 Å². The van der Waals surface area contributed by atoms with Crippen LogP contribution in [0.15, 0.2) is 18.2 Å². The van der Waals surface area contributed by atoms with Gasteiger partial charge in [-0.2, -0.15) is 12.6 Å². The van der Waals surface area contributed by atoms with Crippen LogP contribution < -0.4 is 5.32 Å². The number of carboxylic acids is 1. The fourth-order valence-corrected chi connectivity index (χ4v) is 1.89. The van der Waals surface area contributed by atoms with Gasteiger partial charge in [0.05, 0.1) is 0 Å². The molecule has 1 aromatic rings. The first-order valence-electron chi connectivity index (χ1n) is 4.54. The normalized spacial score (nSPS) is 11.9. The summed E-state index contributed by atoms with van der Waals surface area (Å²) in [5.41, 5.74) is 0.204. The van der Waals surface area contributed by atoms with Crippen LogP contribution in [0.1, 0.15) is 10.4 Å². The van der Waals surface area contributed by atoms with E-state index in [9.17, 15) is 9.59 Å². The molecule has 17 heavy (non-hydrogen) atoms. The molecule has 0 aliphatic carbocycles. The maximum atomic E-state index is 11.7. The Morgan fingerprint density at radius 2 is 1.82 bits per heavy atom. The zero-order valence-electron chi connectivity index (χ0n) is 8.48. The Kier molecular flexibility index (Phi) is 5.11. The van der Waals surface area contributed by atoms with E-state index in [1.165, 1.54) is 18.2 Å². The molecule has 1 aromatic carbocycles. The number of carbonyl (C=O) groups excluding carboxylic acids is 1. The maximum absolute atomic E-state index is 11.7. The third-order valence-corrected chi connectivity index (χ3v) is 2.71. The van der Waals surface area contributed by atoms with E-state index in [2.05, 4.69) is 17.9 Å². The van der Waals surface area contributed by atoms with Crippen LogP contribution >= 0.6 is 35.8 Å². The van der Waals surface area contributed by atoms with Gasteiger partial charge in [0.25, 0.3) is 5.91 Å². The first-order valence-corrected chi connectivity index (χ1v) is 5.93. The number of carboxylic acid groups (broad SMARTS) is 1. The summed E-state index contributed by atoms with van der Waals surface area (Å²) in [5.74, 6) is -1.72. The maximum Gasteiger partial charge on any atom is 0.327 e. The largest absolute Gasteiger partial charge is 0.480 e. The molecule has 0 aliphatic rings. The molecule has 1 amide bonds. The number of hydrogen-bond donors (Lipinski definition) is 3. The fraction of sp³-hybridized carbons (Fsp3) is 0.200. The van der Waals surface area contributed by atoms with Gasteiger partial charge in [-0.1, -0.05) is 23.2 Å². The SMILES string of the molecule is O=C(NC(CS)C(=O)O)c1cc(Cl)cc(Cl)c1. The van der Waals surface area contributed by atoms with Crippen molar-refractivity contribution < 1.29 is 14.7 Å². The van der Waals surface area contributed by atoms with Crippen molar-refractivity contribution >= 4 is 47.7 Å². The Bertz CT molecular complexity index is 433. The molecule has 0 aromatic heterocycles. The number of nitrogens with one attached hydrogen (secondary N) is 1. The lowest BCUT2D eigenvalue weighted by molar-refractivity contribution is -0.138. The lowest BCUT2D eigenvalue weighted by Crippen LogP contribution is -2.42. The first-order chi connectivity index (χ1) is 7.93. The van der Waals surface area contributed by atoms with Crippen LogP contribution in [0.5, 0.6) is 0 Å². The van der Waals surface area contributed by atoms with Crippen LogP contribution in [0.2, 0.25) is 10.0 Å². The number of amides is 1. The summed E-state index contributed by atoms with van der Waals surface area (Å²) < 4.78 is 0. The van der Waals surface area contributed by atoms with Gasteiger partial charge in [-0.3, -0.25) is 4.79 Å². The number of hydrogen-bond acceptors (Lipinski definition) is 3. The number of halogens is 2. The highest BCUT2D eigenvalue weighted by Gasteiger charge is 2.19. The number of benzene rings is 1. The molecule has 0 saturated heterocycles. The van der Waals surface area contributed by atoms with Gasteiger partial charge in [0.1, 0.15) is 6.04 Å². The summed E-state index contributed by atoms with van der Waals surface area (Å²) in [5, 5.41) is 11.7. The Morgan fingerprint density at radius 1 is 1.29 bits per heavy atom. The van der Waals surface area contributed by atoms with E-state index >= 15 is 0 Å². The Morgan fingerprint density at radius 3 is 2.24 bits per heavy atom. The summed E-state index contributed by atoms with van der Waals surface area (Å²) in [7, 11) is 0. The summed E-state index contributed by atoms with van der Waals surface area (Å²) in [6.07, 6.45) is 0. The molecule has 7 heteroatoms. The van der Waals surface area contributed by atoms with E-state index in [1.807, 2.05) is 0 Å². The second kappa shape index (κ2) is 6.14. The summed E-state index contributed by atoms with van der Waals surface area (Å²) >= 11 is 15.3. The number of aliphatic carboxylic acids is 1. The molecule has 0 fully saturated rings. The molecule has 1 unspecified atom stereocenters. The second-order valence-electron chi connectivity index (χ2n) is 3.20. The highest BCUT2D eigenvalue weighted by atomic mass is 35.5. The topological polar surface area (TPSA) is 66.4 Å². The summed E-state index contributed by atoms with van der Waals surface area (Å²) in [6.45, 7) is 0. The molecule has 1 rings (SSSR count). The second-order valence-corrected chi connectivity index (χ2v) is 4.44. The zero-order chi connectivity index (χ0) is 13.0. The molecular weight excluding hydrogens is 285 g/mol. The molecule has 0 aliphatic heterocycles. The van der Waals surface area contributed by atoms with Crippen LogP contribution in [-0.4, -0.2) is 28.8 Å². The van der Waals surface area contributed by atoms with Crippen molar-refractivity contribution in [3.05, 3.63) is 33.8 Å². The van der Waals surface area contributed by atoms with E-state index < -0.39 is 17.9 Å². The van der Waals surface area contributed by atoms with Gasteiger partial charge in [0, 0.05) is 21.4 Å². The van der Waals surface area contributed by atoms with E-state index in [-0.39, 0.29) is 11.3 Å². The molecule has 4 nitrogen and oxygen atoms in total. The highest BCUT2D eigenvalue weighted by Crippen LogP contribution is 2.19. The quantitative estimate of drug-likeness (QED) is 0.745. The van der Waals surface area contributed by atoms with Gasteiger partial charge in [0.15, 0.2) is 0 Å². The van der Waals surface area contributed by atoms with Crippen molar-refractivity contribution in [2.24, 2.45) is 0 Å². The van der Waals surface area contributed by atoms with Gasteiger partial charge in [-0.25, -0.2) is 4.79 Å². The number of rotatable bonds is 4. The molecule has 0 bridgehead atoms. The average molecular weight is 294 g/mol. The lowest BCUT2D eigenvalue weighted by atomic mass is 10.2. The van der Waals surface area contributed by atoms with E-state index in [0.29, 0.717) is 10.0 Å². The molecule has 2 N–H and O–H groups in total. The van der Waals surface area contributed by atoms with Crippen LogP contribution in [-0.2, 0) is 4.79 Å². The van der Waals surface area contributed by atoms with Crippen LogP contribution in [0.25, 0.3) is 0 Å². The summed E-state index contributed by atoms with van der Waals surface area (Å²) in [4.78, 5) is 22.4. The monoisotopic (exact) mass is 293 g/mol. The fourth-order valence-electron chi connectivity index (χ4n) is 1.11. The van der Waals surface area contributed by atoms with Gasteiger partial charge in [-0.05, 0) is 18.2 Å². The Hall–Kier alpha value is -0.910. The minimum Gasteiger partial charge on any atom is -0.480 e. The van der Waals surface area contributed by atoms with Crippen molar-refractivity contribution in [1.29, 1.82) is 0 Å². The van der Waals surface area contributed by atoms with Crippen LogP contribution in [0, 0.1) is 0 Å². The molecular formula is C10H9Cl2NO3S. The zero-order valence-corrected chi connectivity index (χ0v) is 10.9. The van der Waals surface area contributed by atoms with Crippen LogP contribution in [0.3, 0.4) is 0 Å². The molecule has 0 spiro atoms. The number of thiol groups is 1. The van der Waals surface area contributed by atoms with Gasteiger partial charge < -0.3 is 10.4 Å². The van der Waals surface area contributed by atoms with E-state index in [0.717, 1.165) is 0 Å². The van der Waals surface area contributed by atoms with Crippen molar-refractivity contribution in [2.75, 3.05) is 5.75 Å². The van der Waals surface area contributed by atoms with Crippen molar-refractivity contribution in [1.82, 2.24) is 5.32 Å². The first kappa shape index (κ1) is 14.2. The molecule has 0 heterocycles. The van der Waals surface area contributed by atoms with E-state index in [4.69, 9.17) is 28.3 Å². The third kappa shape index (κ3) is 4.11. The molecule has 92 valence electrons. The third-order valence-electron chi connectivity index (χ3n) is 1.91. The van der Waals surface area contributed by atoms with Crippen molar-refractivity contribution in [2.45, 2.75) is 6.04 Å². The smallest absolute Gasteiger partial charge is 0.327 e. The molecule has 0 saturated carbocycles. The molecule has 0 radical (unpaired) electrons. The Balaban J connectivity index is 2.86. The minimum atomic E-state index is -1.15. The number of carbonyl (C=O) groups is 2. The van der Waals surface area contributed by atoms with Crippen molar-refractivity contribution in [3.63, 3.8) is 0 Å². The molecule has 1 atom stereocenters. The van der Waals surface area contributed by atoms with Crippen LogP contribution in [0.4, 0.5) is 0 Å². The van der Waals surface area contributed by atoms with Gasteiger partial charge in [0.2, 0.25) is 0 Å². The van der Waals surface area contributed by atoms with Gasteiger partial charge in [-0.15, -0.1) is 0 Å². The van der Waals surface area contributed by atoms with E-state index in [1.54, 1.807) is 0 Å². The van der Waals surface area contributed by atoms with Gasteiger partial charge >= 0.3 is 5.97 Å². The predicted octanol–water partition coefficient (Wildman–Crippen LogP) is 2.11. The lowest BCUT2D eigenvalue weighted by Gasteiger charge is -2.12. The average Bonchev–Trinajstić information content (AvgIpc) is 2.23. The predicted molar refractivity (Wildman–Crippen MR) is 69.2 cm³/mol. The minimum absolute atomic E-state index is 0.00459. The standard InChI is InChI=1S/C10H9Cl2NO3S/c11-6-1-5(2-7(12)3-6)9(14)13-8(4-17)10(15)16/h1-3,8,17H,4H2,(H,13,14)(H,15,16). The highest BCUT2D eigenvalue weighted by molar-refractivity contribution is 7.80.